The fraction of sp³-hybridized carbons (Fsp3) is 0.925. The van der Waals surface area contributed by atoms with Crippen LogP contribution in [0.4, 0.5) is 0 Å². The van der Waals surface area contributed by atoms with Crippen molar-refractivity contribution >= 4 is 17.9 Å². The highest BCUT2D eigenvalue weighted by Crippen LogP contribution is 2.23. The van der Waals surface area contributed by atoms with Gasteiger partial charge in [-0.1, -0.05) is 111 Å². The highest BCUT2D eigenvalue weighted by molar-refractivity contribution is 5.73. The van der Waals surface area contributed by atoms with Gasteiger partial charge in [-0.3, -0.25) is 14.4 Å². The lowest BCUT2D eigenvalue weighted by atomic mass is 9.94. The Morgan fingerprint density at radius 1 is 0.604 bits per heavy atom. The summed E-state index contributed by atoms with van der Waals surface area (Å²) in [6.45, 7) is 11.4. The van der Waals surface area contributed by atoms with E-state index in [-0.39, 0.29) is 42.1 Å². The van der Waals surface area contributed by atoms with Crippen LogP contribution in [-0.2, 0) is 33.3 Å². The van der Waals surface area contributed by atoms with Gasteiger partial charge in [-0.15, -0.1) is 0 Å². The number of rotatable bonds is 31. The molecule has 2 atom stereocenters. The summed E-state index contributed by atoms with van der Waals surface area (Å²) in [4.78, 5) is 39.8. The number of piperidine rings is 1. The van der Waals surface area contributed by atoms with E-state index >= 15 is 0 Å². The maximum Gasteiger partial charge on any atom is 0.311 e. The molecule has 1 fully saturated rings. The van der Waals surface area contributed by atoms with E-state index in [0.717, 1.165) is 154 Å². The summed E-state index contributed by atoms with van der Waals surface area (Å²) in [5, 5.41) is 0. The molecule has 282 valence electrons. The van der Waals surface area contributed by atoms with E-state index in [1.165, 1.54) is 0 Å². The molecule has 1 aliphatic rings. The zero-order valence-corrected chi connectivity index (χ0v) is 31.9. The normalized spacial score (nSPS) is 16.8. The lowest BCUT2D eigenvalue weighted by Crippen LogP contribution is -2.47. The molecule has 0 aliphatic carbocycles. The van der Waals surface area contributed by atoms with Gasteiger partial charge in [0.25, 0.3) is 0 Å². The Kier molecular flexibility index (Phi) is 27.9. The highest BCUT2D eigenvalue weighted by Gasteiger charge is 2.34. The molecular weight excluding hydrogens is 606 g/mol. The Balaban J connectivity index is 2.20. The van der Waals surface area contributed by atoms with Gasteiger partial charge in [-0.25, -0.2) is 0 Å². The Hall–Kier alpha value is -1.67. The number of likely N-dealkylation sites (tertiary alicyclic amines) is 1. The molecule has 1 saturated heterocycles. The van der Waals surface area contributed by atoms with Crippen LogP contribution >= 0.6 is 0 Å². The van der Waals surface area contributed by atoms with Crippen LogP contribution in [0.3, 0.4) is 0 Å². The number of ether oxygens (including phenoxy) is 4. The van der Waals surface area contributed by atoms with Gasteiger partial charge >= 0.3 is 17.9 Å². The molecule has 0 radical (unpaired) electrons. The number of hydrogen-bond acceptors (Lipinski definition) is 8. The molecule has 0 saturated carbocycles. The predicted molar refractivity (Wildman–Crippen MR) is 195 cm³/mol. The summed E-state index contributed by atoms with van der Waals surface area (Å²) in [6.07, 6.45) is 23.1. The van der Waals surface area contributed by atoms with Crippen LogP contribution < -0.4 is 0 Å². The number of carbonyl (C=O) groups excluding carboxylic acids is 3. The van der Waals surface area contributed by atoms with Gasteiger partial charge in [-0.05, 0) is 71.4 Å². The molecule has 1 aliphatic heterocycles. The molecule has 0 aromatic heterocycles. The molecule has 0 amide bonds. The minimum absolute atomic E-state index is 0.0410. The number of nitrogens with zero attached hydrogens (tertiary/aromatic N) is 1. The Morgan fingerprint density at radius 2 is 1.04 bits per heavy atom. The van der Waals surface area contributed by atoms with Gasteiger partial charge in [0.1, 0.15) is 12.2 Å². The fourth-order valence-electron chi connectivity index (χ4n) is 6.39. The third-order valence-electron chi connectivity index (χ3n) is 9.56. The predicted octanol–water partition coefficient (Wildman–Crippen LogP) is 9.74. The van der Waals surface area contributed by atoms with Crippen molar-refractivity contribution in [3.05, 3.63) is 0 Å². The molecule has 0 bridgehead atoms. The maximum atomic E-state index is 13.0. The molecule has 0 aromatic carbocycles. The maximum absolute atomic E-state index is 13.0. The Morgan fingerprint density at radius 3 is 1.52 bits per heavy atom. The highest BCUT2D eigenvalue weighted by atomic mass is 16.6. The van der Waals surface area contributed by atoms with Crippen LogP contribution in [0.1, 0.15) is 182 Å². The van der Waals surface area contributed by atoms with Crippen molar-refractivity contribution in [1.82, 2.24) is 4.90 Å². The van der Waals surface area contributed by atoms with Crippen molar-refractivity contribution in [2.45, 2.75) is 200 Å². The monoisotopic (exact) mass is 682 g/mol. The van der Waals surface area contributed by atoms with Crippen LogP contribution in [-0.4, -0.2) is 74.5 Å². The first-order chi connectivity index (χ1) is 23.3. The lowest BCUT2D eigenvalue weighted by Gasteiger charge is -2.35. The van der Waals surface area contributed by atoms with Crippen molar-refractivity contribution in [2.75, 3.05) is 33.4 Å². The summed E-state index contributed by atoms with van der Waals surface area (Å²) in [5.74, 6) is -0.465. The molecule has 1 heterocycles. The third-order valence-corrected chi connectivity index (χ3v) is 9.56. The zero-order chi connectivity index (χ0) is 35.2. The first-order valence-electron chi connectivity index (χ1n) is 20.2. The van der Waals surface area contributed by atoms with E-state index in [9.17, 15) is 14.4 Å². The summed E-state index contributed by atoms with van der Waals surface area (Å²) in [5.41, 5.74) is 0. The fourth-order valence-corrected chi connectivity index (χ4v) is 6.39. The summed E-state index contributed by atoms with van der Waals surface area (Å²) < 4.78 is 23.4. The minimum Gasteiger partial charge on any atom is -0.465 e. The van der Waals surface area contributed by atoms with Crippen LogP contribution in [0.5, 0.6) is 0 Å². The van der Waals surface area contributed by atoms with E-state index in [1.54, 1.807) is 0 Å². The Bertz CT molecular complexity index is 790. The van der Waals surface area contributed by atoms with Gasteiger partial charge < -0.3 is 23.8 Å². The van der Waals surface area contributed by atoms with Crippen LogP contribution in [0.2, 0.25) is 0 Å². The van der Waals surface area contributed by atoms with Crippen molar-refractivity contribution in [1.29, 1.82) is 0 Å². The average Bonchev–Trinajstić information content (AvgIpc) is 3.07. The van der Waals surface area contributed by atoms with Gasteiger partial charge in [0.15, 0.2) is 0 Å². The van der Waals surface area contributed by atoms with Crippen LogP contribution in [0.25, 0.3) is 0 Å². The number of likely N-dealkylation sites (N-methyl/N-ethyl adjacent to an activating group) is 1. The quantitative estimate of drug-likeness (QED) is 0.0406. The molecule has 0 spiro atoms. The molecule has 48 heavy (non-hydrogen) atoms. The van der Waals surface area contributed by atoms with Crippen LogP contribution in [0, 0.1) is 5.92 Å². The second-order valence-electron chi connectivity index (χ2n) is 14.2. The average molecular weight is 682 g/mol. The van der Waals surface area contributed by atoms with Crippen molar-refractivity contribution < 1.29 is 33.3 Å². The zero-order valence-electron chi connectivity index (χ0n) is 31.9. The summed E-state index contributed by atoms with van der Waals surface area (Å²) in [6, 6.07) is 0. The molecule has 1 rings (SSSR count). The first kappa shape index (κ1) is 44.4. The number of unbranched alkanes of at least 4 members (excludes halogenated alkanes) is 11. The lowest BCUT2D eigenvalue weighted by molar-refractivity contribution is -0.158. The molecule has 0 N–H and O–H groups in total. The standard InChI is InChI=1S/C40H75NO7/c1-6-10-23-34(24-11-7-2)47-38(42)27-19-15-14-17-21-31-45-37-33-41(5)30-29-36(37)40(44)46-32-22-18-16-20-28-39(43)48-35(25-12-8-3)26-13-9-4/h34-37H,6-33H2,1-5H3. The minimum atomic E-state index is -0.214. The van der Waals surface area contributed by atoms with E-state index in [2.05, 4.69) is 39.6 Å². The van der Waals surface area contributed by atoms with E-state index in [0.29, 0.717) is 26.1 Å². The number of carbonyl (C=O) groups is 3. The van der Waals surface area contributed by atoms with Crippen LogP contribution in [0.15, 0.2) is 0 Å². The van der Waals surface area contributed by atoms with Gasteiger partial charge in [0, 0.05) is 26.0 Å². The van der Waals surface area contributed by atoms with E-state index in [1.807, 2.05) is 0 Å². The molecule has 2 unspecified atom stereocenters. The van der Waals surface area contributed by atoms with Crippen molar-refractivity contribution in [3.63, 3.8) is 0 Å². The number of esters is 3. The van der Waals surface area contributed by atoms with Gasteiger partial charge in [-0.2, -0.15) is 0 Å². The Labute approximate surface area is 295 Å². The van der Waals surface area contributed by atoms with Gasteiger partial charge in [0.05, 0.1) is 18.6 Å². The number of hydrogen-bond donors (Lipinski definition) is 0. The molecule has 8 nitrogen and oxygen atoms in total. The smallest absolute Gasteiger partial charge is 0.311 e. The van der Waals surface area contributed by atoms with Crippen molar-refractivity contribution in [3.8, 4) is 0 Å². The SMILES string of the molecule is CCCCC(CCCC)OC(=O)CCCCCCCOC1CN(C)CCC1C(=O)OCCCCCCC(=O)OC(CCCC)CCCC. The molecule has 0 aromatic rings. The second-order valence-corrected chi connectivity index (χ2v) is 14.2. The van der Waals surface area contributed by atoms with E-state index < -0.39 is 0 Å². The largest absolute Gasteiger partial charge is 0.465 e. The third kappa shape index (κ3) is 22.9. The van der Waals surface area contributed by atoms with Crippen molar-refractivity contribution in [2.24, 2.45) is 5.92 Å². The summed E-state index contributed by atoms with van der Waals surface area (Å²) >= 11 is 0. The summed E-state index contributed by atoms with van der Waals surface area (Å²) in [7, 11) is 2.07. The van der Waals surface area contributed by atoms with E-state index in [4.69, 9.17) is 18.9 Å². The van der Waals surface area contributed by atoms with Gasteiger partial charge in [0.2, 0.25) is 0 Å². The topological polar surface area (TPSA) is 91.4 Å². The first-order valence-corrected chi connectivity index (χ1v) is 20.2. The second kappa shape index (κ2) is 30.2. The molecular formula is C40H75NO7. The molecule has 8 heteroatoms.